The largest absolute Gasteiger partial charge is 0.490 e. The molecule has 2 fully saturated rings. The van der Waals surface area contributed by atoms with Crippen LogP contribution in [0.1, 0.15) is 23.2 Å². The summed E-state index contributed by atoms with van der Waals surface area (Å²) in [4.78, 5) is 25.7. The Bertz CT molecular complexity index is 657. The Balaban J connectivity index is 0.000000370. The van der Waals surface area contributed by atoms with Crippen LogP contribution in [-0.4, -0.2) is 91.6 Å². The number of carbonyl (C=O) groups excluding carboxylic acids is 1. The first kappa shape index (κ1) is 23.2. The number of methoxy groups -OCH3 is 1. The van der Waals surface area contributed by atoms with Gasteiger partial charge >= 0.3 is 12.1 Å². The van der Waals surface area contributed by atoms with Gasteiger partial charge in [-0.3, -0.25) is 9.69 Å². The van der Waals surface area contributed by atoms with Crippen LogP contribution in [0.4, 0.5) is 13.2 Å². The highest BCUT2D eigenvalue weighted by Crippen LogP contribution is 2.32. The van der Waals surface area contributed by atoms with Crippen LogP contribution >= 0.6 is 0 Å². The second-order valence-corrected chi connectivity index (χ2v) is 6.86. The van der Waals surface area contributed by atoms with Gasteiger partial charge in [-0.2, -0.15) is 13.2 Å². The topological polar surface area (TPSA) is 92.5 Å². The molecule has 0 radical (unpaired) electrons. The lowest BCUT2D eigenvalue weighted by molar-refractivity contribution is -0.192. The molecule has 1 amide bonds. The highest BCUT2D eigenvalue weighted by atomic mass is 19.4. The molecule has 164 valence electrons. The molecule has 1 aromatic rings. The van der Waals surface area contributed by atoms with Crippen molar-refractivity contribution in [2.24, 2.45) is 0 Å². The summed E-state index contributed by atoms with van der Waals surface area (Å²) < 4.78 is 47.7. The lowest BCUT2D eigenvalue weighted by atomic mass is 9.85. The fraction of sp³-hybridized carbons (Fsp3) is 0.667. The number of alkyl halides is 3. The number of ether oxygens (including phenoxy) is 2. The van der Waals surface area contributed by atoms with Gasteiger partial charge in [0.1, 0.15) is 6.26 Å². The molecule has 0 saturated carbocycles. The molecule has 2 aliphatic heterocycles. The minimum Gasteiger partial charge on any atom is -0.475 e. The van der Waals surface area contributed by atoms with Crippen molar-refractivity contribution in [2.75, 3.05) is 53.1 Å². The van der Waals surface area contributed by atoms with E-state index < -0.39 is 12.1 Å². The van der Waals surface area contributed by atoms with E-state index in [-0.39, 0.29) is 11.4 Å². The van der Waals surface area contributed by atoms with Crippen molar-refractivity contribution >= 4 is 11.9 Å². The van der Waals surface area contributed by atoms with Gasteiger partial charge in [-0.05, 0) is 18.9 Å². The molecule has 2 saturated heterocycles. The lowest BCUT2D eigenvalue weighted by Crippen LogP contribution is -2.62. The number of likely N-dealkylation sites (tertiary alicyclic amines) is 1. The first-order chi connectivity index (χ1) is 13.7. The molecule has 11 heteroatoms. The zero-order valence-corrected chi connectivity index (χ0v) is 16.1. The normalized spacial score (nSPS) is 19.5. The van der Waals surface area contributed by atoms with Gasteiger partial charge in [-0.15, -0.1) is 0 Å². The average molecular weight is 422 g/mol. The minimum atomic E-state index is -5.08. The standard InChI is InChI=1S/C16H24N2O4.C2HF3O2/c1-20-10-7-18-8-11-22-13-16(18)3-5-17(6-4-16)15(19)14-2-9-21-12-14;3-2(4,5)1(6)7/h2,9,12H,3-8,10-11,13H2,1H3;(H,6,7). The van der Waals surface area contributed by atoms with Crippen molar-refractivity contribution in [1.82, 2.24) is 9.80 Å². The zero-order chi connectivity index (χ0) is 21.5. The van der Waals surface area contributed by atoms with Crippen LogP contribution in [0.2, 0.25) is 0 Å². The van der Waals surface area contributed by atoms with Crippen molar-refractivity contribution in [3.05, 3.63) is 24.2 Å². The summed E-state index contributed by atoms with van der Waals surface area (Å²) in [6.45, 7) is 5.66. The van der Waals surface area contributed by atoms with Crippen LogP contribution in [0.25, 0.3) is 0 Å². The van der Waals surface area contributed by atoms with E-state index in [1.807, 2.05) is 4.90 Å². The second-order valence-electron chi connectivity index (χ2n) is 6.86. The van der Waals surface area contributed by atoms with E-state index in [0.29, 0.717) is 5.56 Å². The predicted octanol–water partition coefficient (Wildman–Crippen LogP) is 1.87. The number of amides is 1. The van der Waals surface area contributed by atoms with Gasteiger partial charge in [0.25, 0.3) is 5.91 Å². The summed E-state index contributed by atoms with van der Waals surface area (Å²) in [5.74, 6) is -2.70. The van der Waals surface area contributed by atoms with E-state index in [9.17, 15) is 18.0 Å². The van der Waals surface area contributed by atoms with Crippen LogP contribution in [0.5, 0.6) is 0 Å². The summed E-state index contributed by atoms with van der Waals surface area (Å²) >= 11 is 0. The number of halogens is 3. The third-order valence-electron chi connectivity index (χ3n) is 5.10. The summed E-state index contributed by atoms with van der Waals surface area (Å²) in [5, 5.41) is 7.12. The number of nitrogens with zero attached hydrogens (tertiary/aromatic N) is 2. The molecule has 1 N–H and O–H groups in total. The zero-order valence-electron chi connectivity index (χ0n) is 16.1. The van der Waals surface area contributed by atoms with Crippen molar-refractivity contribution in [2.45, 2.75) is 24.6 Å². The summed E-state index contributed by atoms with van der Waals surface area (Å²) in [6.07, 6.45) is -0.137. The summed E-state index contributed by atoms with van der Waals surface area (Å²) in [6, 6.07) is 1.72. The third kappa shape index (κ3) is 6.18. The number of carbonyl (C=O) groups is 2. The maximum Gasteiger partial charge on any atom is 0.490 e. The van der Waals surface area contributed by atoms with E-state index in [4.69, 9.17) is 23.8 Å². The van der Waals surface area contributed by atoms with E-state index in [1.54, 1.807) is 19.4 Å². The molecular weight excluding hydrogens is 397 g/mol. The molecule has 0 bridgehead atoms. The molecule has 0 atom stereocenters. The van der Waals surface area contributed by atoms with E-state index >= 15 is 0 Å². The highest BCUT2D eigenvalue weighted by Gasteiger charge is 2.43. The molecule has 8 nitrogen and oxygen atoms in total. The first-order valence-electron chi connectivity index (χ1n) is 9.13. The Hall–Kier alpha value is -2.11. The second kappa shape index (κ2) is 10.1. The molecule has 0 aliphatic carbocycles. The smallest absolute Gasteiger partial charge is 0.475 e. The number of carboxylic acids is 1. The molecule has 29 heavy (non-hydrogen) atoms. The monoisotopic (exact) mass is 422 g/mol. The van der Waals surface area contributed by atoms with E-state index in [0.717, 1.165) is 58.8 Å². The molecule has 3 heterocycles. The predicted molar refractivity (Wildman–Crippen MR) is 94.5 cm³/mol. The van der Waals surface area contributed by atoms with Crippen LogP contribution in [-0.2, 0) is 14.3 Å². The average Bonchev–Trinajstić information content (AvgIpc) is 3.22. The molecule has 0 unspecified atom stereocenters. The fourth-order valence-electron chi connectivity index (χ4n) is 3.47. The van der Waals surface area contributed by atoms with Crippen LogP contribution in [0.3, 0.4) is 0 Å². The van der Waals surface area contributed by atoms with Gasteiger partial charge in [0, 0.05) is 38.8 Å². The first-order valence-corrected chi connectivity index (χ1v) is 9.13. The maximum atomic E-state index is 12.4. The Morgan fingerprint density at radius 2 is 1.93 bits per heavy atom. The van der Waals surface area contributed by atoms with Crippen molar-refractivity contribution in [3.63, 3.8) is 0 Å². The van der Waals surface area contributed by atoms with Gasteiger partial charge in [0.2, 0.25) is 0 Å². The quantitative estimate of drug-likeness (QED) is 0.792. The number of aliphatic carboxylic acids is 1. The third-order valence-corrected chi connectivity index (χ3v) is 5.10. The summed E-state index contributed by atoms with van der Waals surface area (Å²) in [5.41, 5.74) is 0.691. The van der Waals surface area contributed by atoms with Crippen molar-refractivity contribution in [1.29, 1.82) is 0 Å². The Morgan fingerprint density at radius 3 is 2.45 bits per heavy atom. The lowest BCUT2D eigenvalue weighted by Gasteiger charge is -2.51. The number of rotatable bonds is 4. The SMILES string of the molecule is COCCN1CCOCC12CCN(C(=O)c1ccoc1)CC2.O=C(O)C(F)(F)F. The summed E-state index contributed by atoms with van der Waals surface area (Å²) in [7, 11) is 1.74. The van der Waals surface area contributed by atoms with E-state index in [2.05, 4.69) is 4.90 Å². The van der Waals surface area contributed by atoms with Gasteiger partial charge in [0.05, 0.1) is 31.6 Å². The fourth-order valence-corrected chi connectivity index (χ4v) is 3.47. The molecule has 0 aromatic carbocycles. The Labute approximate surface area is 166 Å². The van der Waals surface area contributed by atoms with Gasteiger partial charge in [0.15, 0.2) is 0 Å². The van der Waals surface area contributed by atoms with Gasteiger partial charge in [-0.25, -0.2) is 4.79 Å². The molecule has 3 rings (SSSR count). The number of piperidine rings is 1. The number of morpholine rings is 1. The molecule has 1 aromatic heterocycles. The molecule has 2 aliphatic rings. The van der Waals surface area contributed by atoms with Gasteiger partial charge in [-0.1, -0.05) is 0 Å². The van der Waals surface area contributed by atoms with Crippen LogP contribution in [0, 0.1) is 0 Å². The van der Waals surface area contributed by atoms with Gasteiger partial charge < -0.3 is 23.9 Å². The van der Waals surface area contributed by atoms with E-state index in [1.165, 1.54) is 6.26 Å². The number of hydrogen-bond donors (Lipinski definition) is 1. The highest BCUT2D eigenvalue weighted by molar-refractivity contribution is 5.93. The maximum absolute atomic E-state index is 12.4. The van der Waals surface area contributed by atoms with Crippen molar-refractivity contribution < 1.29 is 41.8 Å². The number of carboxylic acid groups (broad SMARTS) is 1. The Kier molecular flexibility index (Phi) is 8.05. The minimum absolute atomic E-state index is 0.0590. The molecular formula is C18H25F3N2O6. The Morgan fingerprint density at radius 1 is 1.28 bits per heavy atom. The number of hydrogen-bond acceptors (Lipinski definition) is 6. The molecule has 1 spiro atoms. The number of furan rings is 1. The van der Waals surface area contributed by atoms with Crippen molar-refractivity contribution in [3.8, 4) is 0 Å². The van der Waals surface area contributed by atoms with Crippen LogP contribution in [0.15, 0.2) is 23.0 Å². The van der Waals surface area contributed by atoms with Crippen LogP contribution < -0.4 is 0 Å².